The molecule has 20 heavy (non-hydrogen) atoms. The lowest BCUT2D eigenvalue weighted by Gasteiger charge is -2.10. The molecular weight excluding hydrogens is 280 g/mol. The third-order valence-electron chi connectivity index (χ3n) is 3.25. The van der Waals surface area contributed by atoms with Crippen LogP contribution in [0.4, 0.5) is 0 Å². The number of aliphatic hydroxyl groups excluding tert-OH is 2. The van der Waals surface area contributed by atoms with Gasteiger partial charge in [0, 0.05) is 12.0 Å². The third kappa shape index (κ3) is 2.98. The molecule has 5 nitrogen and oxygen atoms in total. The second-order valence-electron chi connectivity index (χ2n) is 4.56. The summed E-state index contributed by atoms with van der Waals surface area (Å²) in [6.45, 7) is -0.531. The van der Waals surface area contributed by atoms with Crippen molar-refractivity contribution >= 4 is 28.4 Å². The quantitative estimate of drug-likeness (QED) is 0.613. The molecule has 1 aromatic rings. The molecule has 1 aromatic carbocycles. The fourth-order valence-corrected chi connectivity index (χ4v) is 2.99. The number of carbonyl (C=O) groups excluding carboxylic acids is 3. The number of carbonyl (C=O) groups is 3. The minimum absolute atomic E-state index is 0.125. The lowest BCUT2D eigenvalue weighted by Crippen LogP contribution is -2.20. The van der Waals surface area contributed by atoms with Crippen molar-refractivity contribution in [3.63, 3.8) is 0 Å². The topological polar surface area (TPSA) is 91.7 Å². The second kappa shape index (κ2) is 6.30. The number of ketones is 2. The number of aliphatic hydroxyl groups is 2. The molecular formula is C14H14O5S. The van der Waals surface area contributed by atoms with E-state index in [-0.39, 0.29) is 47.6 Å². The van der Waals surface area contributed by atoms with E-state index in [1.165, 1.54) is 6.07 Å². The maximum absolute atomic E-state index is 12.2. The predicted octanol–water partition coefficient (Wildman–Crippen LogP) is 0.703. The van der Waals surface area contributed by atoms with E-state index in [1.54, 1.807) is 12.1 Å². The Morgan fingerprint density at radius 2 is 2.00 bits per heavy atom. The van der Waals surface area contributed by atoms with Gasteiger partial charge in [-0.25, -0.2) is 0 Å². The Hall–Kier alpha value is -1.50. The van der Waals surface area contributed by atoms with Crippen LogP contribution < -0.4 is 0 Å². The van der Waals surface area contributed by atoms with Gasteiger partial charge < -0.3 is 10.2 Å². The zero-order valence-corrected chi connectivity index (χ0v) is 11.5. The maximum atomic E-state index is 12.2. The number of Topliss-reactive ketones (excluding diaryl/α,β-unsaturated/α-hetero) is 2. The molecule has 0 amide bonds. The van der Waals surface area contributed by atoms with Gasteiger partial charge in [-0.05, 0) is 17.2 Å². The lowest BCUT2D eigenvalue weighted by molar-refractivity contribution is -0.125. The van der Waals surface area contributed by atoms with Gasteiger partial charge in [0.1, 0.15) is 0 Å². The van der Waals surface area contributed by atoms with Gasteiger partial charge in [0.15, 0.2) is 16.7 Å². The molecule has 1 saturated heterocycles. The third-order valence-corrected chi connectivity index (χ3v) is 4.24. The fraction of sp³-hybridized carbons (Fsp3) is 0.357. The molecule has 0 spiro atoms. The van der Waals surface area contributed by atoms with Crippen molar-refractivity contribution in [3.05, 3.63) is 34.9 Å². The van der Waals surface area contributed by atoms with E-state index >= 15 is 0 Å². The van der Waals surface area contributed by atoms with E-state index in [9.17, 15) is 19.5 Å². The van der Waals surface area contributed by atoms with E-state index in [0.717, 1.165) is 11.8 Å². The summed E-state index contributed by atoms with van der Waals surface area (Å²) < 4.78 is 0. The van der Waals surface area contributed by atoms with Crippen molar-refractivity contribution in [1.82, 2.24) is 0 Å². The van der Waals surface area contributed by atoms with Gasteiger partial charge in [-0.15, -0.1) is 0 Å². The van der Waals surface area contributed by atoms with E-state index < -0.39 is 5.92 Å². The first-order chi connectivity index (χ1) is 9.56. The highest BCUT2D eigenvalue weighted by Crippen LogP contribution is 2.27. The molecule has 1 unspecified atom stereocenters. The number of benzene rings is 1. The molecule has 6 heteroatoms. The largest absolute Gasteiger partial charge is 0.392 e. The van der Waals surface area contributed by atoms with Crippen molar-refractivity contribution < 1.29 is 24.6 Å². The summed E-state index contributed by atoms with van der Waals surface area (Å²) in [5.41, 5.74) is 1.23. The summed E-state index contributed by atoms with van der Waals surface area (Å²) in [7, 11) is 0. The molecule has 1 aliphatic rings. The molecule has 106 valence electrons. The summed E-state index contributed by atoms with van der Waals surface area (Å²) >= 11 is 0.938. The summed E-state index contributed by atoms with van der Waals surface area (Å²) in [6, 6.07) is 4.67. The normalized spacial score (nSPS) is 18.6. The first-order valence-electron chi connectivity index (χ1n) is 6.13. The molecule has 0 bridgehead atoms. The van der Waals surface area contributed by atoms with Gasteiger partial charge in [0.25, 0.3) is 0 Å². The number of hydrogen-bond donors (Lipinski definition) is 2. The van der Waals surface area contributed by atoms with Crippen LogP contribution in [0.25, 0.3) is 0 Å². The molecule has 0 saturated carbocycles. The molecule has 0 aromatic heterocycles. The average molecular weight is 294 g/mol. The van der Waals surface area contributed by atoms with Crippen LogP contribution in [-0.4, -0.2) is 32.6 Å². The SMILES string of the molecule is O=C(CC1C(=O)CSC1=O)c1cc(CO)ccc1CO. The van der Waals surface area contributed by atoms with Crippen molar-refractivity contribution in [1.29, 1.82) is 0 Å². The van der Waals surface area contributed by atoms with Crippen molar-refractivity contribution in [2.45, 2.75) is 19.6 Å². The van der Waals surface area contributed by atoms with E-state index in [1.807, 2.05) is 0 Å². The standard InChI is InChI=1S/C14H14O5S/c15-5-8-1-2-9(6-16)10(3-8)12(17)4-11-13(18)7-20-14(11)19/h1-3,11,15-16H,4-7H2. The Labute approximate surface area is 120 Å². The van der Waals surface area contributed by atoms with Gasteiger partial charge >= 0.3 is 0 Å². The Morgan fingerprint density at radius 1 is 1.25 bits per heavy atom. The highest BCUT2D eigenvalue weighted by molar-refractivity contribution is 8.15. The molecule has 1 atom stereocenters. The predicted molar refractivity (Wildman–Crippen MR) is 73.2 cm³/mol. The van der Waals surface area contributed by atoms with Gasteiger partial charge in [-0.2, -0.15) is 0 Å². The number of thioether (sulfide) groups is 1. The van der Waals surface area contributed by atoms with E-state index in [4.69, 9.17) is 5.11 Å². The smallest absolute Gasteiger partial charge is 0.200 e. The van der Waals surface area contributed by atoms with Crippen LogP contribution in [0.2, 0.25) is 0 Å². The second-order valence-corrected chi connectivity index (χ2v) is 5.54. The van der Waals surface area contributed by atoms with Gasteiger partial charge in [-0.3, -0.25) is 14.4 Å². The Balaban J connectivity index is 2.24. The summed E-state index contributed by atoms with van der Waals surface area (Å²) in [6.07, 6.45) is -0.174. The zero-order valence-electron chi connectivity index (χ0n) is 10.7. The van der Waals surface area contributed by atoms with Crippen LogP contribution in [0.3, 0.4) is 0 Å². The molecule has 1 fully saturated rings. The minimum atomic E-state index is -0.878. The number of rotatable bonds is 5. The summed E-state index contributed by atoms with van der Waals surface area (Å²) in [5, 5.41) is 18.1. The maximum Gasteiger partial charge on any atom is 0.200 e. The Morgan fingerprint density at radius 3 is 2.55 bits per heavy atom. The monoisotopic (exact) mass is 294 g/mol. The van der Waals surface area contributed by atoms with E-state index in [0.29, 0.717) is 11.1 Å². The lowest BCUT2D eigenvalue weighted by atomic mass is 9.93. The summed E-state index contributed by atoms with van der Waals surface area (Å²) in [5.74, 6) is -1.34. The fourth-order valence-electron chi connectivity index (χ4n) is 2.09. The highest BCUT2D eigenvalue weighted by atomic mass is 32.2. The molecule has 1 aliphatic heterocycles. The van der Waals surface area contributed by atoms with Crippen LogP contribution in [-0.2, 0) is 22.8 Å². The van der Waals surface area contributed by atoms with Crippen LogP contribution in [0.5, 0.6) is 0 Å². The van der Waals surface area contributed by atoms with Gasteiger partial charge in [0.2, 0.25) is 0 Å². The van der Waals surface area contributed by atoms with E-state index in [2.05, 4.69) is 0 Å². The van der Waals surface area contributed by atoms with Crippen molar-refractivity contribution in [2.75, 3.05) is 5.75 Å². The first kappa shape index (κ1) is 14.9. The Kier molecular flexibility index (Phi) is 4.69. The molecule has 2 rings (SSSR count). The van der Waals surface area contributed by atoms with Crippen LogP contribution >= 0.6 is 11.8 Å². The Bertz CT molecular complexity index is 551. The highest BCUT2D eigenvalue weighted by Gasteiger charge is 2.35. The zero-order chi connectivity index (χ0) is 14.7. The molecule has 2 N–H and O–H groups in total. The number of hydrogen-bond acceptors (Lipinski definition) is 6. The van der Waals surface area contributed by atoms with Crippen molar-refractivity contribution in [3.8, 4) is 0 Å². The molecule has 0 radical (unpaired) electrons. The van der Waals surface area contributed by atoms with Crippen molar-refractivity contribution in [2.24, 2.45) is 5.92 Å². The van der Waals surface area contributed by atoms with Gasteiger partial charge in [0.05, 0.1) is 24.9 Å². The summed E-state index contributed by atoms with van der Waals surface area (Å²) in [4.78, 5) is 35.3. The van der Waals surface area contributed by atoms with Crippen LogP contribution in [0.15, 0.2) is 18.2 Å². The first-order valence-corrected chi connectivity index (χ1v) is 7.11. The van der Waals surface area contributed by atoms with Crippen LogP contribution in [0, 0.1) is 5.92 Å². The van der Waals surface area contributed by atoms with Gasteiger partial charge in [-0.1, -0.05) is 23.9 Å². The molecule has 0 aliphatic carbocycles. The minimum Gasteiger partial charge on any atom is -0.392 e. The average Bonchev–Trinajstić information content (AvgIpc) is 2.78. The molecule has 1 heterocycles. The van der Waals surface area contributed by atoms with Crippen LogP contribution in [0.1, 0.15) is 27.9 Å².